The Morgan fingerprint density at radius 3 is 2.57 bits per heavy atom. The number of benzene rings is 1. The number of carbonyl (C=O) groups is 2. The smallest absolute Gasteiger partial charge is 0.260 e. The lowest BCUT2D eigenvalue weighted by Crippen LogP contribution is -2.51. The fourth-order valence-electron chi connectivity index (χ4n) is 3.88. The van der Waals surface area contributed by atoms with Crippen molar-refractivity contribution in [3.63, 3.8) is 0 Å². The average molecular weight is 382 g/mol. The predicted octanol–water partition coefficient (Wildman–Crippen LogP) is 1.89. The Morgan fingerprint density at radius 2 is 1.79 bits per heavy atom. The monoisotopic (exact) mass is 382 g/mol. The van der Waals surface area contributed by atoms with E-state index in [1.165, 1.54) is 0 Å². The van der Waals surface area contributed by atoms with E-state index in [1.54, 1.807) is 11.1 Å². The molecule has 0 aliphatic carbocycles. The van der Waals surface area contributed by atoms with Gasteiger partial charge in [-0.25, -0.2) is 0 Å². The third kappa shape index (κ3) is 3.74. The molecule has 0 spiro atoms. The van der Waals surface area contributed by atoms with Crippen molar-refractivity contribution in [3.8, 4) is 5.75 Å². The highest BCUT2D eigenvalue weighted by Gasteiger charge is 2.28. The van der Waals surface area contributed by atoms with Crippen LogP contribution in [0.5, 0.6) is 5.75 Å². The second-order valence-corrected chi connectivity index (χ2v) is 7.41. The Morgan fingerprint density at radius 1 is 1.04 bits per heavy atom. The van der Waals surface area contributed by atoms with Crippen LogP contribution in [0.1, 0.15) is 34.5 Å². The Bertz CT molecular complexity index is 868. The molecule has 1 fully saturated rings. The van der Waals surface area contributed by atoms with Crippen LogP contribution >= 0.6 is 0 Å². The first-order valence-electron chi connectivity index (χ1n) is 9.93. The molecule has 4 rings (SSSR count). The van der Waals surface area contributed by atoms with E-state index in [1.807, 2.05) is 40.8 Å². The minimum atomic E-state index is -0.0433. The molecule has 148 valence electrons. The number of piperazine rings is 1. The first-order chi connectivity index (χ1) is 13.6. The summed E-state index contributed by atoms with van der Waals surface area (Å²) in [6, 6.07) is 7.66. The molecule has 2 aromatic rings. The molecule has 3 heterocycles. The van der Waals surface area contributed by atoms with Crippen LogP contribution in [0, 0.1) is 6.92 Å². The van der Waals surface area contributed by atoms with E-state index in [-0.39, 0.29) is 18.4 Å². The van der Waals surface area contributed by atoms with Crippen LogP contribution in [0.25, 0.3) is 0 Å². The molecule has 0 N–H and O–H groups in total. The molecule has 0 saturated carbocycles. The number of rotatable bonds is 4. The molecule has 2 aliphatic heterocycles. The Balaban J connectivity index is 1.30. The molecule has 7 heteroatoms. The number of aryl methyl sites for hydroxylation is 2. The lowest BCUT2D eigenvalue weighted by atomic mass is 10.1. The van der Waals surface area contributed by atoms with Gasteiger partial charge in [0.2, 0.25) is 0 Å². The number of para-hydroxylation sites is 1. The molecule has 1 saturated heterocycles. The number of hydrogen-bond acceptors (Lipinski definition) is 4. The minimum absolute atomic E-state index is 0.0235. The Kier molecular flexibility index (Phi) is 5.32. The largest absolute Gasteiger partial charge is 0.484 e. The molecule has 0 bridgehead atoms. The summed E-state index contributed by atoms with van der Waals surface area (Å²) in [5.41, 5.74) is 2.79. The van der Waals surface area contributed by atoms with Crippen LogP contribution in [0.3, 0.4) is 0 Å². The highest BCUT2D eigenvalue weighted by molar-refractivity contribution is 5.95. The van der Waals surface area contributed by atoms with E-state index in [0.29, 0.717) is 26.2 Å². The van der Waals surface area contributed by atoms with E-state index >= 15 is 0 Å². The SMILES string of the molecule is Cc1ccccc1OCC(=O)N1CCN(C(=O)c2cnn3c2CCCC3)CC1. The second kappa shape index (κ2) is 8.04. The van der Waals surface area contributed by atoms with Gasteiger partial charge in [0, 0.05) is 32.7 Å². The molecule has 0 radical (unpaired) electrons. The molecule has 28 heavy (non-hydrogen) atoms. The van der Waals surface area contributed by atoms with Gasteiger partial charge in [0.1, 0.15) is 5.75 Å². The number of nitrogens with zero attached hydrogens (tertiary/aromatic N) is 4. The fourth-order valence-corrected chi connectivity index (χ4v) is 3.88. The van der Waals surface area contributed by atoms with Crippen LogP contribution < -0.4 is 4.74 Å². The molecule has 1 aromatic heterocycles. The average Bonchev–Trinajstić information content (AvgIpc) is 3.17. The molecular formula is C21H26N4O3. The first kappa shape index (κ1) is 18.5. The van der Waals surface area contributed by atoms with Crippen molar-refractivity contribution < 1.29 is 14.3 Å². The van der Waals surface area contributed by atoms with E-state index in [9.17, 15) is 9.59 Å². The van der Waals surface area contributed by atoms with E-state index in [2.05, 4.69) is 5.10 Å². The van der Waals surface area contributed by atoms with Gasteiger partial charge in [0.25, 0.3) is 11.8 Å². The number of hydrogen-bond donors (Lipinski definition) is 0. The van der Waals surface area contributed by atoms with Gasteiger partial charge >= 0.3 is 0 Å². The topological polar surface area (TPSA) is 67.7 Å². The number of fused-ring (bicyclic) bond motifs is 1. The van der Waals surface area contributed by atoms with Gasteiger partial charge in [0.15, 0.2) is 6.61 Å². The summed E-state index contributed by atoms with van der Waals surface area (Å²) >= 11 is 0. The van der Waals surface area contributed by atoms with E-state index < -0.39 is 0 Å². The number of ether oxygens (including phenoxy) is 1. The van der Waals surface area contributed by atoms with Gasteiger partial charge in [-0.1, -0.05) is 18.2 Å². The number of amides is 2. The summed E-state index contributed by atoms with van der Waals surface area (Å²) < 4.78 is 7.62. The highest BCUT2D eigenvalue weighted by atomic mass is 16.5. The summed E-state index contributed by atoms with van der Waals surface area (Å²) in [7, 11) is 0. The molecule has 1 aromatic carbocycles. The van der Waals surface area contributed by atoms with Gasteiger partial charge in [-0.3, -0.25) is 14.3 Å². The second-order valence-electron chi connectivity index (χ2n) is 7.41. The minimum Gasteiger partial charge on any atom is -0.484 e. The van der Waals surface area contributed by atoms with E-state index in [0.717, 1.165) is 48.4 Å². The number of aromatic nitrogens is 2. The third-order valence-electron chi connectivity index (χ3n) is 5.58. The van der Waals surface area contributed by atoms with Crippen molar-refractivity contribution in [2.24, 2.45) is 0 Å². The molecule has 2 amide bonds. The molecule has 0 atom stereocenters. The van der Waals surface area contributed by atoms with Gasteiger partial charge in [-0.15, -0.1) is 0 Å². The van der Waals surface area contributed by atoms with Gasteiger partial charge in [0.05, 0.1) is 17.5 Å². The highest BCUT2D eigenvalue weighted by Crippen LogP contribution is 2.20. The summed E-state index contributed by atoms with van der Waals surface area (Å²) in [5.74, 6) is 0.723. The molecule has 2 aliphatic rings. The Labute approximate surface area is 164 Å². The van der Waals surface area contributed by atoms with Crippen LogP contribution in [0.4, 0.5) is 0 Å². The standard InChI is InChI=1S/C21H26N4O3/c1-16-6-2-3-8-19(16)28-15-20(26)23-10-12-24(13-11-23)21(27)17-14-22-25-9-5-4-7-18(17)25/h2-3,6,8,14H,4-5,7,9-13,15H2,1H3. The maximum Gasteiger partial charge on any atom is 0.260 e. The van der Waals surface area contributed by atoms with Gasteiger partial charge in [-0.05, 0) is 37.8 Å². The molecule has 7 nitrogen and oxygen atoms in total. The zero-order valence-corrected chi connectivity index (χ0v) is 16.3. The molecule has 0 unspecified atom stereocenters. The van der Waals surface area contributed by atoms with Crippen molar-refractivity contribution in [2.45, 2.75) is 32.7 Å². The maximum absolute atomic E-state index is 12.9. The van der Waals surface area contributed by atoms with Crippen molar-refractivity contribution in [3.05, 3.63) is 47.3 Å². The lowest BCUT2D eigenvalue weighted by molar-refractivity contribution is -0.134. The quantitative estimate of drug-likeness (QED) is 0.810. The lowest BCUT2D eigenvalue weighted by Gasteiger charge is -2.34. The van der Waals surface area contributed by atoms with Crippen molar-refractivity contribution in [1.29, 1.82) is 0 Å². The Hall–Kier alpha value is -2.83. The normalized spacial score (nSPS) is 16.6. The van der Waals surface area contributed by atoms with Gasteiger partial charge in [-0.2, -0.15) is 5.10 Å². The van der Waals surface area contributed by atoms with Gasteiger partial charge < -0.3 is 14.5 Å². The number of carbonyl (C=O) groups excluding carboxylic acids is 2. The zero-order chi connectivity index (χ0) is 19.5. The van der Waals surface area contributed by atoms with Crippen LogP contribution in [0.2, 0.25) is 0 Å². The first-order valence-corrected chi connectivity index (χ1v) is 9.93. The van der Waals surface area contributed by atoms with Crippen molar-refractivity contribution in [1.82, 2.24) is 19.6 Å². The third-order valence-corrected chi connectivity index (χ3v) is 5.58. The zero-order valence-electron chi connectivity index (χ0n) is 16.3. The summed E-state index contributed by atoms with van der Waals surface area (Å²) in [6.45, 7) is 5.02. The van der Waals surface area contributed by atoms with Crippen molar-refractivity contribution >= 4 is 11.8 Å². The fraction of sp³-hybridized carbons (Fsp3) is 0.476. The van der Waals surface area contributed by atoms with E-state index in [4.69, 9.17) is 4.74 Å². The van der Waals surface area contributed by atoms with Crippen LogP contribution in [0.15, 0.2) is 30.5 Å². The summed E-state index contributed by atoms with van der Waals surface area (Å²) in [4.78, 5) is 29.0. The van der Waals surface area contributed by atoms with Crippen LogP contribution in [-0.4, -0.2) is 64.2 Å². The summed E-state index contributed by atoms with van der Waals surface area (Å²) in [6.07, 6.45) is 4.84. The summed E-state index contributed by atoms with van der Waals surface area (Å²) in [5, 5.41) is 4.36. The van der Waals surface area contributed by atoms with Crippen LogP contribution in [-0.2, 0) is 17.8 Å². The van der Waals surface area contributed by atoms with Crippen molar-refractivity contribution in [2.75, 3.05) is 32.8 Å². The molecular weight excluding hydrogens is 356 g/mol. The maximum atomic E-state index is 12.9. The predicted molar refractivity (Wildman–Crippen MR) is 104 cm³/mol.